The van der Waals surface area contributed by atoms with Gasteiger partial charge >= 0.3 is 0 Å². The number of para-hydroxylation sites is 1. The molecule has 0 radical (unpaired) electrons. The monoisotopic (exact) mass is 283 g/mol. The first kappa shape index (κ1) is 14.0. The standard InChI is InChI=1S/C18H21NO2/c1-2-11-20-17-8-4-3-6-14(17)13-19-16-7-5-9-18-15(16)10-12-21-18/h2-4,6,8,10,12,16,19H,1,5,7,9,11,13H2. The zero-order valence-corrected chi connectivity index (χ0v) is 12.2. The summed E-state index contributed by atoms with van der Waals surface area (Å²) in [4.78, 5) is 0. The summed E-state index contributed by atoms with van der Waals surface area (Å²) in [5.74, 6) is 2.06. The fourth-order valence-corrected chi connectivity index (χ4v) is 2.87. The van der Waals surface area contributed by atoms with Crippen LogP contribution < -0.4 is 10.1 Å². The van der Waals surface area contributed by atoms with Crippen LogP contribution >= 0.6 is 0 Å². The maximum atomic E-state index is 5.70. The summed E-state index contributed by atoms with van der Waals surface area (Å²) in [7, 11) is 0. The van der Waals surface area contributed by atoms with Crippen LogP contribution in [0, 0.1) is 0 Å². The van der Waals surface area contributed by atoms with Gasteiger partial charge in [-0.1, -0.05) is 30.9 Å². The third kappa shape index (κ3) is 3.19. The Bertz CT molecular complexity index is 603. The molecule has 1 aromatic heterocycles. The van der Waals surface area contributed by atoms with Crippen LogP contribution in [0.25, 0.3) is 0 Å². The molecule has 1 atom stereocenters. The van der Waals surface area contributed by atoms with Crippen molar-refractivity contribution in [3.63, 3.8) is 0 Å². The summed E-state index contributed by atoms with van der Waals surface area (Å²) in [5, 5.41) is 3.63. The first-order valence-electron chi connectivity index (χ1n) is 7.49. The fourth-order valence-electron chi connectivity index (χ4n) is 2.87. The third-order valence-electron chi connectivity index (χ3n) is 3.92. The van der Waals surface area contributed by atoms with Crippen LogP contribution in [0.2, 0.25) is 0 Å². The van der Waals surface area contributed by atoms with Crippen LogP contribution in [0.1, 0.15) is 35.8 Å². The lowest BCUT2D eigenvalue weighted by Gasteiger charge is -2.23. The highest BCUT2D eigenvalue weighted by atomic mass is 16.5. The Morgan fingerprint density at radius 3 is 3.14 bits per heavy atom. The zero-order chi connectivity index (χ0) is 14.5. The predicted octanol–water partition coefficient (Wildman–Crippen LogP) is 4.01. The summed E-state index contributed by atoms with van der Waals surface area (Å²) in [6.07, 6.45) is 6.95. The van der Waals surface area contributed by atoms with E-state index in [0.29, 0.717) is 12.6 Å². The Balaban J connectivity index is 1.67. The van der Waals surface area contributed by atoms with Gasteiger partial charge in [-0.3, -0.25) is 0 Å². The van der Waals surface area contributed by atoms with Crippen LogP contribution in [-0.4, -0.2) is 6.61 Å². The lowest BCUT2D eigenvalue weighted by Crippen LogP contribution is -2.24. The summed E-state index contributed by atoms with van der Waals surface area (Å²) in [6, 6.07) is 10.6. The highest BCUT2D eigenvalue weighted by Gasteiger charge is 2.22. The SMILES string of the molecule is C=CCOc1ccccc1CNC1CCCc2occc21. The summed E-state index contributed by atoms with van der Waals surface area (Å²) < 4.78 is 11.2. The Kier molecular flexibility index (Phi) is 4.41. The van der Waals surface area contributed by atoms with Crippen molar-refractivity contribution < 1.29 is 9.15 Å². The molecule has 21 heavy (non-hydrogen) atoms. The van der Waals surface area contributed by atoms with Crippen LogP contribution in [0.15, 0.2) is 53.7 Å². The minimum atomic E-state index is 0.375. The molecule has 3 heteroatoms. The minimum Gasteiger partial charge on any atom is -0.489 e. The fraction of sp³-hybridized carbons (Fsp3) is 0.333. The van der Waals surface area contributed by atoms with Crippen molar-refractivity contribution >= 4 is 0 Å². The molecule has 3 nitrogen and oxygen atoms in total. The zero-order valence-electron chi connectivity index (χ0n) is 12.2. The van der Waals surface area contributed by atoms with E-state index in [-0.39, 0.29) is 0 Å². The minimum absolute atomic E-state index is 0.375. The van der Waals surface area contributed by atoms with Crippen LogP contribution in [0.4, 0.5) is 0 Å². The number of hydrogen-bond acceptors (Lipinski definition) is 3. The second-order valence-corrected chi connectivity index (χ2v) is 5.33. The Labute approximate surface area is 125 Å². The van der Waals surface area contributed by atoms with Gasteiger partial charge in [-0.25, -0.2) is 0 Å². The quantitative estimate of drug-likeness (QED) is 0.813. The molecule has 1 aliphatic rings. The summed E-state index contributed by atoms with van der Waals surface area (Å²) >= 11 is 0. The lowest BCUT2D eigenvalue weighted by molar-refractivity contribution is 0.354. The van der Waals surface area contributed by atoms with Gasteiger partial charge in [0.2, 0.25) is 0 Å². The van der Waals surface area contributed by atoms with E-state index in [9.17, 15) is 0 Å². The molecule has 110 valence electrons. The van der Waals surface area contributed by atoms with Gasteiger partial charge in [-0.15, -0.1) is 0 Å². The molecule has 0 fully saturated rings. The van der Waals surface area contributed by atoms with E-state index in [1.165, 1.54) is 17.5 Å². The number of nitrogens with one attached hydrogen (secondary N) is 1. The number of hydrogen-bond donors (Lipinski definition) is 1. The van der Waals surface area contributed by atoms with Crippen molar-refractivity contribution in [2.45, 2.75) is 31.8 Å². The largest absolute Gasteiger partial charge is 0.489 e. The Morgan fingerprint density at radius 2 is 2.24 bits per heavy atom. The predicted molar refractivity (Wildman–Crippen MR) is 83.4 cm³/mol. The molecule has 0 saturated heterocycles. The molecule has 1 unspecified atom stereocenters. The van der Waals surface area contributed by atoms with Gasteiger partial charge in [0, 0.05) is 30.1 Å². The number of fused-ring (bicyclic) bond motifs is 1. The van der Waals surface area contributed by atoms with Crippen LogP contribution in [-0.2, 0) is 13.0 Å². The second-order valence-electron chi connectivity index (χ2n) is 5.33. The van der Waals surface area contributed by atoms with Crippen molar-refractivity contribution in [2.24, 2.45) is 0 Å². The first-order chi connectivity index (χ1) is 10.4. The molecule has 2 aromatic rings. The summed E-state index contributed by atoms with van der Waals surface area (Å²) in [5.41, 5.74) is 2.49. The van der Waals surface area contributed by atoms with E-state index in [0.717, 1.165) is 30.9 Å². The van der Waals surface area contributed by atoms with E-state index >= 15 is 0 Å². The van der Waals surface area contributed by atoms with E-state index in [2.05, 4.69) is 24.0 Å². The number of ether oxygens (including phenoxy) is 1. The van der Waals surface area contributed by atoms with Gasteiger partial charge in [0.1, 0.15) is 18.1 Å². The number of rotatable bonds is 6. The molecule has 0 bridgehead atoms. The van der Waals surface area contributed by atoms with E-state index in [4.69, 9.17) is 9.15 Å². The van der Waals surface area contributed by atoms with Crippen molar-refractivity contribution in [3.8, 4) is 5.75 Å². The van der Waals surface area contributed by atoms with Crippen molar-refractivity contribution in [3.05, 3.63) is 66.1 Å². The average Bonchev–Trinajstić information content (AvgIpc) is 3.01. The second kappa shape index (κ2) is 6.64. The highest BCUT2D eigenvalue weighted by molar-refractivity contribution is 5.34. The molecule has 0 spiro atoms. The van der Waals surface area contributed by atoms with Crippen molar-refractivity contribution in [1.82, 2.24) is 5.32 Å². The Morgan fingerprint density at radius 1 is 1.33 bits per heavy atom. The van der Waals surface area contributed by atoms with E-state index < -0.39 is 0 Å². The first-order valence-corrected chi connectivity index (χ1v) is 7.49. The van der Waals surface area contributed by atoms with Gasteiger partial charge in [0.15, 0.2) is 0 Å². The van der Waals surface area contributed by atoms with Gasteiger partial charge in [-0.05, 0) is 25.0 Å². The Hall–Kier alpha value is -2.00. The van der Waals surface area contributed by atoms with Gasteiger partial charge in [0.05, 0.1) is 6.26 Å². The molecule has 1 aliphatic carbocycles. The number of aryl methyl sites for hydroxylation is 1. The smallest absolute Gasteiger partial charge is 0.124 e. The van der Waals surface area contributed by atoms with Crippen LogP contribution in [0.5, 0.6) is 5.75 Å². The van der Waals surface area contributed by atoms with E-state index in [1.54, 1.807) is 12.3 Å². The van der Waals surface area contributed by atoms with Gasteiger partial charge < -0.3 is 14.5 Å². The number of furan rings is 1. The van der Waals surface area contributed by atoms with Crippen LogP contribution in [0.3, 0.4) is 0 Å². The van der Waals surface area contributed by atoms with Gasteiger partial charge in [-0.2, -0.15) is 0 Å². The molecular formula is C18H21NO2. The third-order valence-corrected chi connectivity index (χ3v) is 3.92. The summed E-state index contributed by atoms with van der Waals surface area (Å²) in [6.45, 7) is 5.02. The van der Waals surface area contributed by atoms with Crippen molar-refractivity contribution in [1.29, 1.82) is 0 Å². The van der Waals surface area contributed by atoms with Crippen molar-refractivity contribution in [2.75, 3.05) is 6.61 Å². The normalized spacial score (nSPS) is 17.2. The molecule has 1 N–H and O–H groups in total. The number of benzene rings is 1. The highest BCUT2D eigenvalue weighted by Crippen LogP contribution is 2.31. The molecule has 1 aromatic carbocycles. The molecule has 0 aliphatic heterocycles. The topological polar surface area (TPSA) is 34.4 Å². The molecular weight excluding hydrogens is 262 g/mol. The maximum absolute atomic E-state index is 5.70. The molecule has 1 heterocycles. The van der Waals surface area contributed by atoms with Gasteiger partial charge in [0.25, 0.3) is 0 Å². The molecule has 3 rings (SSSR count). The molecule has 0 saturated carbocycles. The molecule has 0 amide bonds. The lowest BCUT2D eigenvalue weighted by atomic mass is 9.93. The maximum Gasteiger partial charge on any atom is 0.124 e. The average molecular weight is 283 g/mol. The van der Waals surface area contributed by atoms with E-state index in [1.807, 2.05) is 18.2 Å².